The summed E-state index contributed by atoms with van der Waals surface area (Å²) in [6.07, 6.45) is 3.94. The third-order valence-electron chi connectivity index (χ3n) is 2.22. The molecule has 0 aromatic heterocycles. The number of carbonyl (C=O) groups is 1. The molecule has 0 fully saturated rings. The highest BCUT2D eigenvalue weighted by Gasteiger charge is 2.33. The summed E-state index contributed by atoms with van der Waals surface area (Å²) in [4.78, 5) is 28.0. The van der Waals surface area contributed by atoms with Crippen LogP contribution in [-0.2, 0) is 24.3 Å². The van der Waals surface area contributed by atoms with Crippen LogP contribution in [0.3, 0.4) is 0 Å². The van der Waals surface area contributed by atoms with E-state index in [4.69, 9.17) is 5.11 Å². The number of carboxylic acids is 1. The average Bonchev–Trinajstić information content (AvgIpc) is 2.50. The molecule has 1 atom stereocenters. The lowest BCUT2D eigenvalue weighted by Gasteiger charge is -2.20. The van der Waals surface area contributed by atoms with Crippen molar-refractivity contribution >= 4 is 5.97 Å². The molecule has 0 saturated heterocycles. The highest BCUT2D eigenvalue weighted by molar-refractivity contribution is 5.76. The van der Waals surface area contributed by atoms with Crippen molar-refractivity contribution in [2.45, 2.75) is 53.6 Å². The molecule has 22 heavy (non-hydrogen) atoms. The standard InChI is InChI=1S/C7H14O5.C5H10O2.C2H6.CH4/c1-3-7(10,6(8)9)4-5-12-11-2;1-3-4-5-7-6-2;1-2;/h10H,3-5H2,1-2H3,(H,8,9);3-4H,5H2,1-2H3;1-2H3;1H4/b;4-3-;;. The van der Waals surface area contributed by atoms with Crippen molar-refractivity contribution in [3.8, 4) is 0 Å². The van der Waals surface area contributed by atoms with E-state index in [1.807, 2.05) is 32.9 Å². The van der Waals surface area contributed by atoms with Gasteiger partial charge in [0.15, 0.2) is 5.60 Å². The van der Waals surface area contributed by atoms with Crippen molar-refractivity contribution < 1.29 is 34.6 Å². The maximum atomic E-state index is 10.5. The van der Waals surface area contributed by atoms with Gasteiger partial charge in [0.25, 0.3) is 0 Å². The minimum atomic E-state index is -1.70. The van der Waals surface area contributed by atoms with Crippen LogP contribution in [0, 0.1) is 0 Å². The Bertz CT molecular complexity index is 244. The monoisotopic (exact) mass is 326 g/mol. The predicted molar refractivity (Wildman–Crippen MR) is 86.3 cm³/mol. The second-order valence-corrected chi connectivity index (χ2v) is 3.45. The Morgan fingerprint density at radius 2 is 1.68 bits per heavy atom. The predicted octanol–water partition coefficient (Wildman–Crippen LogP) is 2.98. The van der Waals surface area contributed by atoms with Crippen LogP contribution in [0.2, 0.25) is 0 Å². The molecule has 0 spiro atoms. The Morgan fingerprint density at radius 3 is 2.00 bits per heavy atom. The summed E-state index contributed by atoms with van der Waals surface area (Å²) >= 11 is 0. The van der Waals surface area contributed by atoms with Gasteiger partial charge in [0.05, 0.1) is 20.8 Å². The Kier molecular flexibility index (Phi) is 29.5. The fraction of sp³-hybridized carbons (Fsp3) is 0.800. The normalized spacial score (nSPS) is 12.1. The number of aliphatic carboxylic acids is 1. The molecule has 0 rings (SSSR count). The smallest absolute Gasteiger partial charge is 0.335 e. The molecular formula is C15H34O7. The molecule has 0 aromatic carbocycles. The quantitative estimate of drug-likeness (QED) is 0.291. The van der Waals surface area contributed by atoms with E-state index < -0.39 is 11.6 Å². The van der Waals surface area contributed by atoms with Gasteiger partial charge in [0.2, 0.25) is 0 Å². The number of aliphatic hydroxyl groups is 1. The first-order valence-corrected chi connectivity index (χ1v) is 6.86. The van der Waals surface area contributed by atoms with E-state index in [-0.39, 0.29) is 26.9 Å². The van der Waals surface area contributed by atoms with Crippen molar-refractivity contribution in [2.75, 3.05) is 27.4 Å². The van der Waals surface area contributed by atoms with E-state index in [0.717, 1.165) is 0 Å². The molecular weight excluding hydrogens is 292 g/mol. The van der Waals surface area contributed by atoms with Gasteiger partial charge < -0.3 is 10.2 Å². The van der Waals surface area contributed by atoms with Gasteiger partial charge in [0.1, 0.15) is 6.61 Å². The summed E-state index contributed by atoms with van der Waals surface area (Å²) in [7, 11) is 2.81. The Labute approximate surface area is 134 Å². The zero-order valence-electron chi connectivity index (χ0n) is 13.9. The van der Waals surface area contributed by atoms with Crippen molar-refractivity contribution in [2.24, 2.45) is 0 Å². The van der Waals surface area contributed by atoms with Gasteiger partial charge >= 0.3 is 5.97 Å². The summed E-state index contributed by atoms with van der Waals surface area (Å²) in [5.74, 6) is -1.23. The molecule has 0 radical (unpaired) electrons. The van der Waals surface area contributed by atoms with Crippen LogP contribution in [0.1, 0.15) is 48.0 Å². The summed E-state index contributed by atoms with van der Waals surface area (Å²) < 4.78 is 0. The molecule has 0 aliphatic carbocycles. The summed E-state index contributed by atoms with van der Waals surface area (Å²) in [5.41, 5.74) is -1.70. The number of hydrogen-bond donors (Lipinski definition) is 2. The van der Waals surface area contributed by atoms with E-state index in [1.165, 1.54) is 14.2 Å². The molecule has 0 aliphatic rings. The van der Waals surface area contributed by atoms with Crippen LogP contribution in [0.4, 0.5) is 0 Å². The average molecular weight is 326 g/mol. The van der Waals surface area contributed by atoms with Crippen LogP contribution in [0.15, 0.2) is 12.2 Å². The van der Waals surface area contributed by atoms with Crippen LogP contribution in [-0.4, -0.2) is 49.2 Å². The molecule has 0 aliphatic heterocycles. The van der Waals surface area contributed by atoms with E-state index in [1.54, 1.807) is 6.92 Å². The molecule has 0 bridgehead atoms. The number of hydrogen-bond acceptors (Lipinski definition) is 6. The van der Waals surface area contributed by atoms with Crippen LogP contribution >= 0.6 is 0 Å². The number of allylic oxidation sites excluding steroid dienone is 1. The third kappa shape index (κ3) is 19.0. The Hall–Kier alpha value is -0.990. The fourth-order valence-electron chi connectivity index (χ4n) is 0.932. The van der Waals surface area contributed by atoms with Crippen LogP contribution in [0.25, 0.3) is 0 Å². The van der Waals surface area contributed by atoms with Gasteiger partial charge in [-0.2, -0.15) is 0 Å². The third-order valence-corrected chi connectivity index (χ3v) is 2.22. The van der Waals surface area contributed by atoms with E-state index in [0.29, 0.717) is 6.61 Å². The second kappa shape index (κ2) is 22.3. The molecule has 0 saturated carbocycles. The maximum Gasteiger partial charge on any atom is 0.335 e. The highest BCUT2D eigenvalue weighted by atomic mass is 17.2. The number of rotatable bonds is 9. The number of carboxylic acid groups (broad SMARTS) is 1. The minimum absolute atomic E-state index is 0. The summed E-state index contributed by atoms with van der Waals surface area (Å²) in [6, 6.07) is 0. The summed E-state index contributed by atoms with van der Waals surface area (Å²) in [6.45, 7) is 8.13. The molecule has 0 amide bonds. The van der Waals surface area contributed by atoms with Crippen molar-refractivity contribution in [3.05, 3.63) is 12.2 Å². The molecule has 7 nitrogen and oxygen atoms in total. The molecule has 7 heteroatoms. The Balaban J connectivity index is -0.000000139. The topological polar surface area (TPSA) is 94.5 Å². The van der Waals surface area contributed by atoms with Gasteiger partial charge in [-0.1, -0.05) is 40.3 Å². The molecule has 2 N–H and O–H groups in total. The van der Waals surface area contributed by atoms with Gasteiger partial charge in [-0.3, -0.25) is 0 Å². The highest BCUT2D eigenvalue weighted by Crippen LogP contribution is 2.15. The van der Waals surface area contributed by atoms with Crippen molar-refractivity contribution in [3.63, 3.8) is 0 Å². The lowest BCUT2D eigenvalue weighted by Crippen LogP contribution is -2.38. The molecule has 0 aromatic rings. The molecule has 0 heterocycles. The van der Waals surface area contributed by atoms with Gasteiger partial charge in [-0.15, -0.1) is 0 Å². The lowest BCUT2D eigenvalue weighted by molar-refractivity contribution is -0.277. The van der Waals surface area contributed by atoms with Crippen LogP contribution < -0.4 is 0 Å². The zero-order chi connectivity index (χ0) is 17.1. The lowest BCUT2D eigenvalue weighted by atomic mass is 9.97. The SMILES string of the molecule is C.C/C=C\COOC.CC.CCC(O)(CCOOC)C(=O)O. The summed E-state index contributed by atoms with van der Waals surface area (Å²) in [5, 5.41) is 18.0. The first kappa shape index (κ1) is 29.1. The van der Waals surface area contributed by atoms with Gasteiger partial charge in [0, 0.05) is 6.42 Å². The molecule has 136 valence electrons. The Morgan fingerprint density at radius 1 is 1.18 bits per heavy atom. The fourth-order valence-corrected chi connectivity index (χ4v) is 0.932. The van der Waals surface area contributed by atoms with E-state index in [2.05, 4.69) is 19.6 Å². The largest absolute Gasteiger partial charge is 0.479 e. The second-order valence-electron chi connectivity index (χ2n) is 3.45. The van der Waals surface area contributed by atoms with Crippen LogP contribution in [0.5, 0.6) is 0 Å². The first-order valence-electron chi connectivity index (χ1n) is 6.86. The van der Waals surface area contributed by atoms with E-state index in [9.17, 15) is 9.90 Å². The van der Waals surface area contributed by atoms with Crippen molar-refractivity contribution in [1.29, 1.82) is 0 Å². The van der Waals surface area contributed by atoms with E-state index >= 15 is 0 Å². The van der Waals surface area contributed by atoms with Crippen molar-refractivity contribution in [1.82, 2.24) is 0 Å². The minimum Gasteiger partial charge on any atom is -0.479 e. The maximum absolute atomic E-state index is 10.5. The first-order chi connectivity index (χ1) is 9.98. The van der Waals surface area contributed by atoms with Gasteiger partial charge in [-0.05, 0) is 13.3 Å². The zero-order valence-corrected chi connectivity index (χ0v) is 13.9. The molecule has 1 unspecified atom stereocenters. The van der Waals surface area contributed by atoms with Gasteiger partial charge in [-0.25, -0.2) is 24.3 Å².